The topological polar surface area (TPSA) is 72.8 Å². The van der Waals surface area contributed by atoms with Gasteiger partial charge in [-0.2, -0.15) is 0 Å². The number of fused-ring (bicyclic) bond motifs is 3. The molecular formula is C19H24O5. The molecule has 0 unspecified atom stereocenters. The molecule has 24 heavy (non-hydrogen) atoms. The van der Waals surface area contributed by atoms with Gasteiger partial charge in [0.15, 0.2) is 0 Å². The summed E-state index contributed by atoms with van der Waals surface area (Å²) < 4.78 is 11.2. The summed E-state index contributed by atoms with van der Waals surface area (Å²) in [6.07, 6.45) is -0.702. The lowest BCUT2D eigenvalue weighted by Gasteiger charge is -2.28. The molecule has 1 heterocycles. The lowest BCUT2D eigenvalue weighted by Crippen LogP contribution is -2.36. The summed E-state index contributed by atoms with van der Waals surface area (Å²) in [6.45, 7) is 15.5. The Morgan fingerprint density at radius 1 is 1.29 bits per heavy atom. The van der Waals surface area contributed by atoms with E-state index >= 15 is 0 Å². The summed E-state index contributed by atoms with van der Waals surface area (Å²) in [5.41, 5.74) is 1.89. The van der Waals surface area contributed by atoms with Crippen LogP contribution in [0.4, 0.5) is 0 Å². The van der Waals surface area contributed by atoms with Crippen LogP contribution in [0.2, 0.25) is 0 Å². The third-order valence-corrected chi connectivity index (χ3v) is 5.51. The number of hydrogen-bond acceptors (Lipinski definition) is 5. The second kappa shape index (κ2) is 5.88. The Morgan fingerprint density at radius 2 is 1.96 bits per heavy atom. The van der Waals surface area contributed by atoms with Gasteiger partial charge in [0.1, 0.15) is 12.2 Å². The first-order valence-electron chi connectivity index (χ1n) is 8.37. The summed E-state index contributed by atoms with van der Waals surface area (Å²) in [5.74, 6) is -1.69. The summed E-state index contributed by atoms with van der Waals surface area (Å²) in [5, 5.41) is 10.2. The van der Waals surface area contributed by atoms with Crippen molar-refractivity contribution in [2.75, 3.05) is 0 Å². The average molecular weight is 332 g/mol. The highest BCUT2D eigenvalue weighted by atomic mass is 16.6. The number of rotatable bonds is 2. The highest BCUT2D eigenvalue weighted by Gasteiger charge is 2.56. The molecule has 1 N–H and O–H groups in total. The molecule has 1 aliphatic heterocycles. The van der Waals surface area contributed by atoms with E-state index in [0.29, 0.717) is 24.0 Å². The third kappa shape index (κ3) is 2.51. The van der Waals surface area contributed by atoms with Gasteiger partial charge in [0, 0.05) is 17.9 Å². The van der Waals surface area contributed by atoms with E-state index < -0.39 is 30.2 Å². The van der Waals surface area contributed by atoms with Crippen LogP contribution in [0.15, 0.2) is 36.5 Å². The molecule has 3 aliphatic rings. The van der Waals surface area contributed by atoms with Crippen LogP contribution in [-0.2, 0) is 19.1 Å². The SMILES string of the molecule is C=C1C(=O)O[C@@H]2[C@H]3C(=C)[C@@H](O)C[C@H]3C(=C)C[C@H](OC(=O)C(C)C)[C@@H]12. The Labute approximate surface area is 142 Å². The van der Waals surface area contributed by atoms with Crippen molar-refractivity contribution in [1.82, 2.24) is 0 Å². The summed E-state index contributed by atoms with van der Waals surface area (Å²) in [6, 6.07) is 0. The van der Waals surface area contributed by atoms with E-state index in [4.69, 9.17) is 9.47 Å². The van der Waals surface area contributed by atoms with Crippen LogP contribution in [0.25, 0.3) is 0 Å². The number of aliphatic hydroxyl groups excluding tert-OH is 1. The van der Waals surface area contributed by atoms with Crippen molar-refractivity contribution < 1.29 is 24.2 Å². The molecule has 0 aromatic rings. The van der Waals surface area contributed by atoms with E-state index in [1.165, 1.54) is 0 Å². The predicted octanol–water partition coefficient (Wildman–Crippen LogP) is 2.17. The Balaban J connectivity index is 1.98. The molecule has 3 rings (SSSR count). The lowest BCUT2D eigenvalue weighted by atomic mass is 9.81. The van der Waals surface area contributed by atoms with E-state index in [-0.39, 0.29) is 23.7 Å². The Morgan fingerprint density at radius 3 is 2.58 bits per heavy atom. The molecule has 0 bridgehead atoms. The summed E-state index contributed by atoms with van der Waals surface area (Å²) in [4.78, 5) is 24.2. The monoisotopic (exact) mass is 332 g/mol. The number of esters is 2. The van der Waals surface area contributed by atoms with Gasteiger partial charge in [0.25, 0.3) is 0 Å². The van der Waals surface area contributed by atoms with E-state index in [9.17, 15) is 14.7 Å². The maximum atomic E-state index is 12.1. The fourth-order valence-electron chi connectivity index (χ4n) is 4.16. The molecule has 2 aliphatic carbocycles. The fraction of sp³-hybridized carbons (Fsp3) is 0.579. The Kier molecular flexibility index (Phi) is 4.16. The Bertz CT molecular complexity index is 632. The van der Waals surface area contributed by atoms with Crippen molar-refractivity contribution in [1.29, 1.82) is 0 Å². The van der Waals surface area contributed by atoms with E-state index in [2.05, 4.69) is 19.7 Å². The van der Waals surface area contributed by atoms with E-state index in [1.807, 2.05) is 0 Å². The first-order valence-corrected chi connectivity index (χ1v) is 8.37. The van der Waals surface area contributed by atoms with Crippen LogP contribution in [0.1, 0.15) is 26.7 Å². The number of aliphatic hydroxyl groups is 1. The Hall–Kier alpha value is -1.88. The molecule has 2 saturated carbocycles. The van der Waals surface area contributed by atoms with Gasteiger partial charge in [-0.1, -0.05) is 39.2 Å². The van der Waals surface area contributed by atoms with Crippen LogP contribution < -0.4 is 0 Å². The maximum absolute atomic E-state index is 12.1. The molecule has 0 spiro atoms. The average Bonchev–Trinajstić information content (AvgIpc) is 2.92. The molecule has 0 aromatic carbocycles. The van der Waals surface area contributed by atoms with Crippen molar-refractivity contribution in [3.8, 4) is 0 Å². The second-order valence-electron chi connectivity index (χ2n) is 7.37. The number of ether oxygens (including phenoxy) is 2. The lowest BCUT2D eigenvalue weighted by molar-refractivity contribution is -0.156. The van der Waals surface area contributed by atoms with E-state index in [0.717, 1.165) is 5.57 Å². The molecule has 0 aromatic heterocycles. The fourth-order valence-corrected chi connectivity index (χ4v) is 4.16. The maximum Gasteiger partial charge on any atom is 0.334 e. The largest absolute Gasteiger partial charge is 0.461 e. The van der Waals surface area contributed by atoms with Crippen molar-refractivity contribution in [3.63, 3.8) is 0 Å². The first kappa shape index (κ1) is 17.0. The highest BCUT2D eigenvalue weighted by molar-refractivity contribution is 5.91. The zero-order valence-electron chi connectivity index (χ0n) is 14.2. The molecule has 6 atom stereocenters. The second-order valence-corrected chi connectivity index (χ2v) is 7.37. The van der Waals surface area contributed by atoms with Crippen molar-refractivity contribution in [3.05, 3.63) is 36.5 Å². The zero-order valence-corrected chi connectivity index (χ0v) is 14.2. The van der Waals surface area contributed by atoms with Crippen molar-refractivity contribution >= 4 is 11.9 Å². The molecule has 0 amide bonds. The number of carbonyl (C=O) groups excluding carboxylic acids is 2. The molecule has 3 fully saturated rings. The van der Waals surface area contributed by atoms with Crippen LogP contribution >= 0.6 is 0 Å². The van der Waals surface area contributed by atoms with Gasteiger partial charge in [-0.05, 0) is 17.9 Å². The predicted molar refractivity (Wildman–Crippen MR) is 87.7 cm³/mol. The minimum atomic E-state index is -0.625. The molecular weight excluding hydrogens is 308 g/mol. The van der Waals surface area contributed by atoms with E-state index in [1.54, 1.807) is 13.8 Å². The van der Waals surface area contributed by atoms with Crippen molar-refractivity contribution in [2.24, 2.45) is 23.7 Å². The van der Waals surface area contributed by atoms with Gasteiger partial charge in [0.05, 0.1) is 17.9 Å². The van der Waals surface area contributed by atoms with Crippen LogP contribution in [0.3, 0.4) is 0 Å². The summed E-state index contributed by atoms with van der Waals surface area (Å²) in [7, 11) is 0. The van der Waals surface area contributed by atoms with Gasteiger partial charge in [0.2, 0.25) is 0 Å². The van der Waals surface area contributed by atoms with Crippen LogP contribution in [0, 0.1) is 23.7 Å². The molecule has 5 nitrogen and oxygen atoms in total. The third-order valence-electron chi connectivity index (χ3n) is 5.51. The zero-order chi connectivity index (χ0) is 17.8. The van der Waals surface area contributed by atoms with Gasteiger partial charge < -0.3 is 14.6 Å². The number of carbonyl (C=O) groups is 2. The van der Waals surface area contributed by atoms with Gasteiger partial charge >= 0.3 is 11.9 Å². The highest BCUT2D eigenvalue weighted by Crippen LogP contribution is 2.52. The molecule has 0 radical (unpaired) electrons. The molecule has 1 saturated heterocycles. The van der Waals surface area contributed by atoms with Gasteiger partial charge in [-0.15, -0.1) is 0 Å². The van der Waals surface area contributed by atoms with Crippen LogP contribution in [0.5, 0.6) is 0 Å². The quantitative estimate of drug-likeness (QED) is 0.477. The van der Waals surface area contributed by atoms with Crippen molar-refractivity contribution in [2.45, 2.75) is 45.0 Å². The van der Waals surface area contributed by atoms with Gasteiger partial charge in [-0.3, -0.25) is 4.79 Å². The number of hydrogen-bond donors (Lipinski definition) is 1. The smallest absolute Gasteiger partial charge is 0.334 e. The van der Waals surface area contributed by atoms with Crippen LogP contribution in [-0.4, -0.2) is 35.4 Å². The minimum absolute atomic E-state index is 0.0264. The first-order chi connectivity index (χ1) is 11.2. The van der Waals surface area contributed by atoms with Gasteiger partial charge in [-0.25, -0.2) is 4.79 Å². The normalized spacial score (nSPS) is 38.7. The standard InChI is InChI=1S/C19H24O5/c1-8(2)18(21)23-14-6-9(3)12-7-13(20)10(4)15(12)17-16(14)11(5)19(22)24-17/h8,12-17,20H,3-7H2,1-2H3/t12-,13-,14-,15-,16+,17+/m0/s1. The molecule has 5 heteroatoms. The minimum Gasteiger partial charge on any atom is -0.461 e. The molecule has 130 valence electrons. The summed E-state index contributed by atoms with van der Waals surface area (Å²) >= 11 is 0.